The van der Waals surface area contributed by atoms with Gasteiger partial charge in [0, 0.05) is 26.3 Å². The molecule has 0 atom stereocenters. The first kappa shape index (κ1) is 20.1. The number of benzene rings is 1. The monoisotopic (exact) mass is 403 g/mol. The molecule has 1 aliphatic rings. The van der Waals surface area contributed by atoms with E-state index in [4.69, 9.17) is 22.7 Å². The molecule has 9 heteroatoms. The molecule has 0 radical (unpaired) electrons. The fourth-order valence-corrected chi connectivity index (χ4v) is 3.27. The molecule has 0 bridgehead atoms. The molecule has 28 heavy (non-hydrogen) atoms. The van der Waals surface area contributed by atoms with Crippen molar-refractivity contribution in [2.75, 3.05) is 30.9 Å². The molecule has 0 saturated heterocycles. The Balaban J connectivity index is 1.98. The lowest BCUT2D eigenvalue weighted by atomic mass is 10.2. The molecule has 0 unspecified atom stereocenters. The molecule has 1 aromatic heterocycles. The first-order valence-electron chi connectivity index (χ1n) is 9.24. The molecule has 0 spiro atoms. The molecular weight excluding hydrogens is 378 g/mol. The van der Waals surface area contributed by atoms with Crippen molar-refractivity contribution in [3.05, 3.63) is 56.7 Å². The van der Waals surface area contributed by atoms with E-state index in [1.54, 1.807) is 12.0 Å². The van der Waals surface area contributed by atoms with Gasteiger partial charge < -0.3 is 20.7 Å². The highest BCUT2D eigenvalue weighted by atomic mass is 32.1. The Morgan fingerprint density at radius 2 is 2.07 bits per heavy atom. The smallest absolute Gasteiger partial charge is 0.330 e. The molecular formula is C19H25N5O3S. The van der Waals surface area contributed by atoms with Gasteiger partial charge >= 0.3 is 5.69 Å². The average molecular weight is 404 g/mol. The molecule has 1 fully saturated rings. The van der Waals surface area contributed by atoms with Gasteiger partial charge in [-0.25, -0.2) is 4.79 Å². The first-order chi connectivity index (χ1) is 13.5. The van der Waals surface area contributed by atoms with E-state index >= 15 is 0 Å². The minimum Gasteiger partial charge on any atom is -0.385 e. The van der Waals surface area contributed by atoms with Crippen molar-refractivity contribution in [2.24, 2.45) is 0 Å². The summed E-state index contributed by atoms with van der Waals surface area (Å²) in [6.45, 7) is 1.22. The van der Waals surface area contributed by atoms with Crippen LogP contribution in [-0.2, 0) is 11.3 Å². The Kier molecular flexibility index (Phi) is 6.48. The Bertz CT molecular complexity index is 937. The number of nitrogen functional groups attached to an aromatic ring is 1. The highest BCUT2D eigenvalue weighted by Gasteiger charge is 2.27. The van der Waals surface area contributed by atoms with E-state index in [0.717, 1.165) is 18.4 Å². The Labute approximate surface area is 168 Å². The van der Waals surface area contributed by atoms with Gasteiger partial charge in [0.1, 0.15) is 5.82 Å². The number of rotatable bonds is 8. The summed E-state index contributed by atoms with van der Waals surface area (Å²) in [4.78, 5) is 29.1. The van der Waals surface area contributed by atoms with Crippen LogP contribution in [0.15, 0.2) is 39.9 Å². The van der Waals surface area contributed by atoms with E-state index < -0.39 is 11.2 Å². The van der Waals surface area contributed by atoms with Gasteiger partial charge in [0.05, 0.1) is 6.54 Å². The second-order valence-corrected chi connectivity index (χ2v) is 7.17. The zero-order valence-corrected chi connectivity index (χ0v) is 16.6. The Hall–Kier alpha value is -2.65. The van der Waals surface area contributed by atoms with Crippen molar-refractivity contribution in [3.63, 3.8) is 0 Å². The maximum absolute atomic E-state index is 12.6. The highest BCUT2D eigenvalue weighted by Crippen LogP contribution is 2.22. The number of aromatic amines is 1. The molecule has 8 nitrogen and oxygen atoms in total. The Morgan fingerprint density at radius 1 is 1.36 bits per heavy atom. The summed E-state index contributed by atoms with van der Waals surface area (Å²) in [6.07, 6.45) is 2.75. The van der Waals surface area contributed by atoms with Crippen LogP contribution >= 0.6 is 12.2 Å². The SMILES string of the molecule is COCCCN(C(=S)NC1CC1)c1c(N)n(Cc2ccccc2)c(=O)[nH]c1=O. The number of H-pyrrole nitrogens is 1. The molecule has 4 N–H and O–H groups in total. The van der Waals surface area contributed by atoms with Crippen molar-refractivity contribution in [1.29, 1.82) is 0 Å². The van der Waals surface area contributed by atoms with Crippen molar-refractivity contribution < 1.29 is 4.74 Å². The van der Waals surface area contributed by atoms with Crippen LogP contribution in [0.2, 0.25) is 0 Å². The van der Waals surface area contributed by atoms with E-state index in [-0.39, 0.29) is 18.1 Å². The van der Waals surface area contributed by atoms with Crippen LogP contribution in [-0.4, -0.2) is 41.0 Å². The van der Waals surface area contributed by atoms with Crippen LogP contribution in [0, 0.1) is 0 Å². The van der Waals surface area contributed by atoms with Gasteiger partial charge in [-0.05, 0) is 37.0 Å². The van der Waals surface area contributed by atoms with Gasteiger partial charge in [0.15, 0.2) is 10.8 Å². The van der Waals surface area contributed by atoms with Gasteiger partial charge in [-0.3, -0.25) is 14.3 Å². The summed E-state index contributed by atoms with van der Waals surface area (Å²) >= 11 is 5.53. The van der Waals surface area contributed by atoms with Crippen molar-refractivity contribution in [3.8, 4) is 0 Å². The molecule has 0 aliphatic heterocycles. The number of nitrogens with one attached hydrogen (secondary N) is 2. The zero-order chi connectivity index (χ0) is 20.1. The number of hydrogen-bond donors (Lipinski definition) is 3. The van der Waals surface area contributed by atoms with E-state index in [2.05, 4.69) is 10.3 Å². The fourth-order valence-electron chi connectivity index (χ4n) is 2.92. The van der Waals surface area contributed by atoms with Gasteiger partial charge in [0.25, 0.3) is 5.56 Å². The largest absolute Gasteiger partial charge is 0.385 e. The number of aromatic nitrogens is 2. The lowest BCUT2D eigenvalue weighted by Crippen LogP contribution is -2.46. The molecule has 3 rings (SSSR count). The third kappa shape index (κ3) is 4.79. The number of hydrogen-bond acceptors (Lipinski definition) is 5. The number of methoxy groups -OCH3 is 1. The van der Waals surface area contributed by atoms with Gasteiger partial charge in [0.2, 0.25) is 0 Å². The Morgan fingerprint density at radius 3 is 2.71 bits per heavy atom. The van der Waals surface area contributed by atoms with E-state index in [0.29, 0.717) is 30.7 Å². The van der Waals surface area contributed by atoms with Gasteiger partial charge in [-0.1, -0.05) is 30.3 Å². The second-order valence-electron chi connectivity index (χ2n) is 6.79. The number of nitrogens with two attached hydrogens (primary N) is 1. The van der Waals surface area contributed by atoms with Crippen molar-refractivity contribution >= 4 is 28.8 Å². The molecule has 1 aliphatic carbocycles. The van der Waals surface area contributed by atoms with E-state index in [1.807, 2.05) is 30.3 Å². The number of ether oxygens (including phenoxy) is 1. The summed E-state index contributed by atoms with van der Waals surface area (Å²) in [7, 11) is 1.62. The quantitative estimate of drug-likeness (QED) is 0.447. The summed E-state index contributed by atoms with van der Waals surface area (Å²) in [6, 6.07) is 9.78. The summed E-state index contributed by atoms with van der Waals surface area (Å²) < 4.78 is 6.48. The highest BCUT2D eigenvalue weighted by molar-refractivity contribution is 7.80. The van der Waals surface area contributed by atoms with Crippen LogP contribution in [0.3, 0.4) is 0 Å². The predicted molar refractivity (Wildman–Crippen MR) is 114 cm³/mol. The topological polar surface area (TPSA) is 105 Å². The van der Waals surface area contributed by atoms with Crippen LogP contribution < -0.4 is 27.2 Å². The van der Waals surface area contributed by atoms with E-state index in [1.165, 1.54) is 4.57 Å². The second kappa shape index (κ2) is 9.03. The zero-order valence-electron chi connectivity index (χ0n) is 15.8. The molecule has 150 valence electrons. The number of nitrogens with zero attached hydrogens (tertiary/aromatic N) is 2. The van der Waals surface area contributed by atoms with Crippen LogP contribution in [0.5, 0.6) is 0 Å². The van der Waals surface area contributed by atoms with Gasteiger partial charge in [-0.2, -0.15) is 0 Å². The van der Waals surface area contributed by atoms with Crippen LogP contribution in [0.25, 0.3) is 0 Å². The summed E-state index contributed by atoms with van der Waals surface area (Å²) in [5.74, 6) is 0.0926. The van der Waals surface area contributed by atoms with Crippen molar-refractivity contribution in [2.45, 2.75) is 31.8 Å². The van der Waals surface area contributed by atoms with Crippen LogP contribution in [0.1, 0.15) is 24.8 Å². The van der Waals surface area contributed by atoms with Crippen molar-refractivity contribution in [1.82, 2.24) is 14.9 Å². The van der Waals surface area contributed by atoms with E-state index in [9.17, 15) is 9.59 Å². The first-order valence-corrected chi connectivity index (χ1v) is 9.65. The third-order valence-electron chi connectivity index (χ3n) is 4.55. The lowest BCUT2D eigenvalue weighted by Gasteiger charge is -2.27. The maximum Gasteiger partial charge on any atom is 0.330 e. The minimum absolute atomic E-state index is 0.0926. The molecule has 1 aromatic carbocycles. The fraction of sp³-hybridized carbons (Fsp3) is 0.421. The molecule has 1 saturated carbocycles. The standard InChI is InChI=1S/C19H25N5O3S/c1-27-11-5-10-23(19(28)21-14-8-9-14)15-16(20)24(18(26)22-17(15)25)12-13-6-3-2-4-7-13/h2-4,6-7,14H,5,8-12,20H2,1H3,(H,21,28)(H,22,25,26). The number of thiocarbonyl (C=S) groups is 1. The average Bonchev–Trinajstić information content (AvgIpc) is 3.48. The molecule has 1 heterocycles. The summed E-state index contributed by atoms with van der Waals surface area (Å²) in [5.41, 5.74) is 6.29. The minimum atomic E-state index is -0.552. The lowest BCUT2D eigenvalue weighted by molar-refractivity contribution is 0.197. The number of anilines is 2. The molecule has 0 amide bonds. The van der Waals surface area contributed by atoms with Crippen LogP contribution in [0.4, 0.5) is 11.5 Å². The molecule has 2 aromatic rings. The maximum atomic E-state index is 12.6. The predicted octanol–water partition coefficient (Wildman–Crippen LogP) is 1.05. The van der Waals surface area contributed by atoms with Gasteiger partial charge in [-0.15, -0.1) is 0 Å². The normalized spacial score (nSPS) is 13.3. The summed E-state index contributed by atoms with van der Waals surface area (Å²) in [5, 5.41) is 3.67. The third-order valence-corrected chi connectivity index (χ3v) is 4.89.